The highest BCUT2D eigenvalue weighted by molar-refractivity contribution is 6.31. The maximum absolute atomic E-state index is 13.0. The van der Waals surface area contributed by atoms with Crippen LogP contribution in [0.3, 0.4) is 0 Å². The van der Waals surface area contributed by atoms with Crippen LogP contribution < -0.4 is 0 Å². The molecule has 0 bridgehead atoms. The maximum atomic E-state index is 13.0. The van der Waals surface area contributed by atoms with Crippen molar-refractivity contribution >= 4 is 17.5 Å². The van der Waals surface area contributed by atoms with Gasteiger partial charge in [-0.05, 0) is 24.1 Å². The van der Waals surface area contributed by atoms with Crippen molar-refractivity contribution in [1.82, 2.24) is 9.80 Å². The summed E-state index contributed by atoms with van der Waals surface area (Å²) < 4.78 is 13.0. The van der Waals surface area contributed by atoms with Gasteiger partial charge in [0.2, 0.25) is 5.91 Å². The van der Waals surface area contributed by atoms with Crippen LogP contribution in [0.4, 0.5) is 4.39 Å². The first-order valence-electron chi connectivity index (χ1n) is 6.48. The molecule has 0 spiro atoms. The molecule has 1 saturated heterocycles. The lowest BCUT2D eigenvalue weighted by Gasteiger charge is -2.21. The van der Waals surface area contributed by atoms with Crippen LogP contribution in [0, 0.1) is 5.82 Å². The van der Waals surface area contributed by atoms with Crippen molar-refractivity contribution in [3.8, 4) is 0 Å². The highest BCUT2D eigenvalue weighted by Gasteiger charge is 2.17. The number of halogens is 2. The van der Waals surface area contributed by atoms with Gasteiger partial charge in [0.25, 0.3) is 0 Å². The Morgan fingerprint density at radius 1 is 1.32 bits per heavy atom. The van der Waals surface area contributed by atoms with Crippen LogP contribution in [0.2, 0.25) is 5.02 Å². The van der Waals surface area contributed by atoms with E-state index in [-0.39, 0.29) is 11.7 Å². The largest absolute Gasteiger partial charge is 0.342 e. The first-order chi connectivity index (χ1) is 9.06. The Morgan fingerprint density at radius 2 is 2.11 bits per heavy atom. The first-order valence-corrected chi connectivity index (χ1v) is 6.86. The molecule has 0 saturated carbocycles. The molecule has 1 aliphatic heterocycles. The van der Waals surface area contributed by atoms with E-state index in [2.05, 4.69) is 4.90 Å². The second-order valence-corrected chi connectivity index (χ2v) is 5.28. The zero-order chi connectivity index (χ0) is 13.8. The molecule has 1 aromatic rings. The smallest absolute Gasteiger partial charge is 0.219 e. The van der Waals surface area contributed by atoms with Crippen LogP contribution in [0.25, 0.3) is 0 Å². The fourth-order valence-corrected chi connectivity index (χ4v) is 2.56. The van der Waals surface area contributed by atoms with Gasteiger partial charge in [-0.25, -0.2) is 4.39 Å². The van der Waals surface area contributed by atoms with Crippen molar-refractivity contribution < 1.29 is 9.18 Å². The molecule has 0 radical (unpaired) electrons. The average molecular weight is 285 g/mol. The quantitative estimate of drug-likeness (QED) is 0.833. The van der Waals surface area contributed by atoms with Crippen molar-refractivity contribution in [2.45, 2.75) is 19.9 Å². The molecule has 5 heteroatoms. The Hall–Kier alpha value is -1.13. The molecular formula is C14H18ClFN2O. The topological polar surface area (TPSA) is 23.6 Å². The minimum atomic E-state index is -0.313. The SMILES string of the molecule is CC(=O)N1CCCN(Cc2ccc(F)cc2Cl)CC1. The van der Waals surface area contributed by atoms with E-state index < -0.39 is 0 Å². The molecule has 104 valence electrons. The maximum Gasteiger partial charge on any atom is 0.219 e. The standard InChI is InChI=1S/C14H18ClFN2O/c1-11(19)18-6-2-5-17(7-8-18)10-12-3-4-13(16)9-14(12)15/h3-4,9H,2,5-8,10H2,1H3. The number of hydrogen-bond acceptors (Lipinski definition) is 2. The van der Waals surface area contributed by atoms with Gasteiger partial charge < -0.3 is 4.90 Å². The van der Waals surface area contributed by atoms with E-state index in [1.165, 1.54) is 12.1 Å². The second-order valence-electron chi connectivity index (χ2n) is 4.87. The third kappa shape index (κ3) is 3.91. The molecule has 0 N–H and O–H groups in total. The normalized spacial score (nSPS) is 17.3. The zero-order valence-corrected chi connectivity index (χ0v) is 11.8. The number of benzene rings is 1. The Morgan fingerprint density at radius 3 is 2.79 bits per heavy atom. The Balaban J connectivity index is 1.97. The minimum absolute atomic E-state index is 0.127. The Kier molecular flexibility index (Phi) is 4.77. The summed E-state index contributed by atoms with van der Waals surface area (Å²) in [6.45, 7) is 5.61. The molecule has 3 nitrogen and oxygen atoms in total. The van der Waals surface area contributed by atoms with Gasteiger partial charge in [0.15, 0.2) is 0 Å². The monoisotopic (exact) mass is 284 g/mol. The molecule has 0 aliphatic carbocycles. The van der Waals surface area contributed by atoms with E-state index in [0.717, 1.165) is 38.2 Å². The molecule has 0 aromatic heterocycles. The number of nitrogens with zero attached hydrogens (tertiary/aromatic N) is 2. The zero-order valence-electron chi connectivity index (χ0n) is 11.0. The van der Waals surface area contributed by atoms with E-state index in [1.54, 1.807) is 13.0 Å². The van der Waals surface area contributed by atoms with Crippen LogP contribution in [0.5, 0.6) is 0 Å². The molecule has 2 rings (SSSR count). The van der Waals surface area contributed by atoms with Gasteiger partial charge in [-0.2, -0.15) is 0 Å². The Bertz CT molecular complexity index is 467. The minimum Gasteiger partial charge on any atom is -0.342 e. The third-order valence-corrected chi connectivity index (χ3v) is 3.79. The van der Waals surface area contributed by atoms with Crippen molar-refractivity contribution in [2.24, 2.45) is 0 Å². The van der Waals surface area contributed by atoms with E-state index >= 15 is 0 Å². The molecule has 1 aromatic carbocycles. The third-order valence-electron chi connectivity index (χ3n) is 3.44. The first kappa shape index (κ1) is 14.3. The Labute approximate surface area is 117 Å². The summed E-state index contributed by atoms with van der Waals surface area (Å²) in [6, 6.07) is 4.50. The molecule has 1 fully saturated rings. The fourth-order valence-electron chi connectivity index (χ4n) is 2.33. The lowest BCUT2D eigenvalue weighted by atomic mass is 10.2. The van der Waals surface area contributed by atoms with Gasteiger partial charge >= 0.3 is 0 Å². The predicted octanol–water partition coefficient (Wildman–Crippen LogP) is 2.53. The lowest BCUT2D eigenvalue weighted by molar-refractivity contribution is -0.128. The number of rotatable bonds is 2. The molecule has 19 heavy (non-hydrogen) atoms. The van der Waals surface area contributed by atoms with Crippen molar-refractivity contribution in [3.63, 3.8) is 0 Å². The lowest BCUT2D eigenvalue weighted by Crippen LogP contribution is -2.33. The predicted molar refractivity (Wildman–Crippen MR) is 73.6 cm³/mol. The number of carbonyl (C=O) groups is 1. The van der Waals surface area contributed by atoms with Crippen molar-refractivity contribution in [3.05, 3.63) is 34.6 Å². The summed E-state index contributed by atoms with van der Waals surface area (Å²) in [5.74, 6) is -0.186. The van der Waals surface area contributed by atoms with E-state index in [4.69, 9.17) is 11.6 Å². The molecule has 1 aliphatic rings. The second kappa shape index (κ2) is 6.35. The van der Waals surface area contributed by atoms with Gasteiger partial charge in [0.1, 0.15) is 5.82 Å². The highest BCUT2D eigenvalue weighted by atomic mass is 35.5. The molecule has 0 unspecified atom stereocenters. The van der Waals surface area contributed by atoms with Gasteiger partial charge in [0, 0.05) is 44.7 Å². The summed E-state index contributed by atoms with van der Waals surface area (Å²) in [6.07, 6.45) is 0.957. The van der Waals surface area contributed by atoms with Gasteiger partial charge in [-0.1, -0.05) is 17.7 Å². The number of amides is 1. The van der Waals surface area contributed by atoms with Crippen LogP contribution in [-0.2, 0) is 11.3 Å². The highest BCUT2D eigenvalue weighted by Crippen LogP contribution is 2.19. The van der Waals surface area contributed by atoms with Crippen molar-refractivity contribution in [2.75, 3.05) is 26.2 Å². The van der Waals surface area contributed by atoms with Crippen LogP contribution in [0.15, 0.2) is 18.2 Å². The summed E-state index contributed by atoms with van der Waals surface area (Å²) >= 11 is 6.04. The van der Waals surface area contributed by atoms with Gasteiger partial charge in [-0.3, -0.25) is 9.69 Å². The van der Waals surface area contributed by atoms with E-state index in [9.17, 15) is 9.18 Å². The summed E-state index contributed by atoms with van der Waals surface area (Å²) in [5, 5.41) is 0.465. The summed E-state index contributed by atoms with van der Waals surface area (Å²) in [5.41, 5.74) is 0.930. The fraction of sp³-hybridized carbons (Fsp3) is 0.500. The average Bonchev–Trinajstić information content (AvgIpc) is 2.58. The summed E-state index contributed by atoms with van der Waals surface area (Å²) in [4.78, 5) is 15.5. The number of hydrogen-bond donors (Lipinski definition) is 0. The van der Waals surface area contributed by atoms with Crippen LogP contribution in [-0.4, -0.2) is 41.9 Å². The molecule has 1 heterocycles. The van der Waals surface area contributed by atoms with Crippen LogP contribution in [0.1, 0.15) is 18.9 Å². The molecule has 0 atom stereocenters. The molecular weight excluding hydrogens is 267 g/mol. The van der Waals surface area contributed by atoms with E-state index in [0.29, 0.717) is 11.6 Å². The summed E-state index contributed by atoms with van der Waals surface area (Å²) in [7, 11) is 0. The van der Waals surface area contributed by atoms with Gasteiger partial charge in [-0.15, -0.1) is 0 Å². The van der Waals surface area contributed by atoms with Gasteiger partial charge in [0.05, 0.1) is 0 Å². The number of carbonyl (C=O) groups excluding carboxylic acids is 1. The van der Waals surface area contributed by atoms with Crippen molar-refractivity contribution in [1.29, 1.82) is 0 Å². The van der Waals surface area contributed by atoms with Crippen LogP contribution >= 0.6 is 11.6 Å². The van der Waals surface area contributed by atoms with E-state index in [1.807, 2.05) is 4.90 Å². The molecule has 1 amide bonds.